The molecule has 14 unspecified atom stereocenters. The zero-order valence-corrected chi connectivity index (χ0v) is 30.2. The number of aliphatic hydroxyl groups excluding tert-OH is 17. The molecule has 17 N–H and O–H groups in total. The Balaban J connectivity index is 1.84. The lowest BCUT2D eigenvalue weighted by Gasteiger charge is -2.48. The summed E-state index contributed by atoms with van der Waals surface area (Å²) < 4.78 is 43.3. The topological polar surface area (TPSA) is 418 Å². The maximum absolute atomic E-state index is 11.3. The van der Waals surface area contributed by atoms with Crippen LogP contribution in [0.1, 0.15) is 12.8 Å². The fourth-order valence-corrected chi connectivity index (χ4v) is 6.35. The molecule has 3 aliphatic heterocycles. The van der Waals surface area contributed by atoms with E-state index in [1.165, 1.54) is 7.11 Å². The molecule has 0 spiro atoms. The smallest absolute Gasteiger partial charge is 0.187 e. The maximum Gasteiger partial charge on any atom is 0.187 e. The standard InChI is InChI=1S/C31H58O25/c1-49-9-15-17(40)20(43)21(44)29(53-15)55-26-18(41)14(8-36)52-31(24(26)47)56-27-19(42)13(7-35)51-30(23(27)46)54-25(11(38)3-5-33)22(45)28(48)50-12(6-34)16(39)10(37)2-4-32/h10-48H,2-9H2,1H3/t10?,11-,12?,13?,14?,15?,16?,17-,18-,19-,20?,21?,22?,23?,24?,25?,26?,27?,28-,29-,30-,31-/m1/s1. The quantitative estimate of drug-likeness (QED) is 0.0450. The van der Waals surface area contributed by atoms with E-state index < -0.39 is 174 Å². The van der Waals surface area contributed by atoms with Crippen LogP contribution in [0, 0.1) is 0 Å². The average Bonchev–Trinajstić information content (AvgIpc) is 3.17. The second-order valence-corrected chi connectivity index (χ2v) is 13.6. The predicted octanol–water partition coefficient (Wildman–Crippen LogP) is -10.6. The second kappa shape index (κ2) is 23.1. The van der Waals surface area contributed by atoms with E-state index in [4.69, 9.17) is 43.0 Å². The van der Waals surface area contributed by atoms with Crippen LogP contribution < -0.4 is 0 Å². The van der Waals surface area contributed by atoms with Crippen molar-refractivity contribution in [3.63, 3.8) is 0 Å². The van der Waals surface area contributed by atoms with Crippen LogP contribution >= 0.6 is 0 Å². The third-order valence-corrected chi connectivity index (χ3v) is 9.64. The Morgan fingerprint density at radius 3 is 1.52 bits per heavy atom. The molecule has 0 saturated carbocycles. The molecule has 3 rings (SSSR count). The van der Waals surface area contributed by atoms with Gasteiger partial charge >= 0.3 is 0 Å². The normalized spacial score (nSPS) is 40.7. The summed E-state index contributed by atoms with van der Waals surface area (Å²) in [7, 11) is 1.26. The van der Waals surface area contributed by atoms with Gasteiger partial charge in [0.25, 0.3) is 0 Å². The Labute approximate surface area is 319 Å². The summed E-state index contributed by atoms with van der Waals surface area (Å²) in [6.07, 6.45) is -42.9. The molecule has 56 heavy (non-hydrogen) atoms. The zero-order chi connectivity index (χ0) is 42.0. The highest BCUT2D eigenvalue weighted by molar-refractivity contribution is 4.97. The summed E-state index contributed by atoms with van der Waals surface area (Å²) in [5.74, 6) is 0. The Morgan fingerprint density at radius 1 is 0.536 bits per heavy atom. The molecular weight excluding hydrogens is 772 g/mol. The van der Waals surface area contributed by atoms with Gasteiger partial charge in [-0.15, -0.1) is 0 Å². The van der Waals surface area contributed by atoms with Crippen molar-refractivity contribution in [2.45, 2.75) is 148 Å². The zero-order valence-electron chi connectivity index (χ0n) is 30.2. The third-order valence-electron chi connectivity index (χ3n) is 9.64. The Kier molecular flexibility index (Phi) is 20.4. The molecular formula is C31H58O25. The second-order valence-electron chi connectivity index (χ2n) is 13.6. The number of aliphatic hydroxyl groups is 17. The predicted molar refractivity (Wildman–Crippen MR) is 174 cm³/mol. The van der Waals surface area contributed by atoms with E-state index in [0.29, 0.717) is 0 Å². The van der Waals surface area contributed by atoms with Crippen LogP contribution in [0.4, 0.5) is 0 Å². The minimum Gasteiger partial charge on any atom is -0.396 e. The number of rotatable bonds is 22. The van der Waals surface area contributed by atoms with Crippen molar-refractivity contribution in [1.82, 2.24) is 0 Å². The number of ether oxygens (including phenoxy) is 8. The number of hydrogen-bond acceptors (Lipinski definition) is 25. The first-order chi connectivity index (χ1) is 26.5. The van der Waals surface area contributed by atoms with Crippen LogP contribution in [-0.2, 0) is 37.9 Å². The molecule has 0 aromatic carbocycles. The summed E-state index contributed by atoms with van der Waals surface area (Å²) >= 11 is 0. The van der Waals surface area contributed by atoms with Gasteiger partial charge in [-0.2, -0.15) is 0 Å². The molecule has 25 heteroatoms. The third kappa shape index (κ3) is 11.8. The lowest BCUT2D eigenvalue weighted by molar-refractivity contribution is -0.385. The van der Waals surface area contributed by atoms with Crippen molar-refractivity contribution in [3.05, 3.63) is 0 Å². The van der Waals surface area contributed by atoms with Gasteiger partial charge in [0.1, 0.15) is 97.7 Å². The highest BCUT2D eigenvalue weighted by Crippen LogP contribution is 2.34. The molecule has 3 aliphatic rings. The van der Waals surface area contributed by atoms with Crippen molar-refractivity contribution in [3.8, 4) is 0 Å². The molecule has 3 heterocycles. The summed E-state index contributed by atoms with van der Waals surface area (Å²) in [4.78, 5) is 0. The Bertz CT molecular complexity index is 1100. The van der Waals surface area contributed by atoms with Crippen LogP contribution in [0.2, 0.25) is 0 Å². The molecule has 0 aromatic rings. The van der Waals surface area contributed by atoms with E-state index in [1.54, 1.807) is 0 Å². The summed E-state index contributed by atoms with van der Waals surface area (Å²) in [5, 5.41) is 176. The molecule has 3 saturated heterocycles. The molecule has 332 valence electrons. The fraction of sp³-hybridized carbons (Fsp3) is 1.00. The highest BCUT2D eigenvalue weighted by atomic mass is 16.8. The molecule has 0 amide bonds. The molecule has 3 fully saturated rings. The lowest BCUT2D eigenvalue weighted by atomic mass is 9.96. The molecule has 22 atom stereocenters. The average molecular weight is 831 g/mol. The van der Waals surface area contributed by atoms with Gasteiger partial charge in [-0.25, -0.2) is 0 Å². The van der Waals surface area contributed by atoms with E-state index in [1.807, 2.05) is 0 Å². The van der Waals surface area contributed by atoms with Gasteiger partial charge in [0.05, 0.1) is 38.6 Å². The highest BCUT2D eigenvalue weighted by Gasteiger charge is 2.54. The van der Waals surface area contributed by atoms with Crippen LogP contribution in [0.25, 0.3) is 0 Å². The van der Waals surface area contributed by atoms with Crippen molar-refractivity contribution < 1.29 is 125 Å². The van der Waals surface area contributed by atoms with Crippen LogP contribution in [-0.4, -0.2) is 269 Å². The Hall–Kier alpha value is -1.00. The molecule has 0 aromatic heterocycles. The van der Waals surface area contributed by atoms with E-state index >= 15 is 0 Å². The lowest BCUT2D eigenvalue weighted by Crippen LogP contribution is -2.67. The van der Waals surface area contributed by atoms with E-state index in [9.17, 15) is 81.7 Å². The minimum atomic E-state index is -2.43. The van der Waals surface area contributed by atoms with Gasteiger partial charge in [0, 0.05) is 20.3 Å². The van der Waals surface area contributed by atoms with Crippen molar-refractivity contribution in [2.75, 3.05) is 46.8 Å². The number of hydrogen-bond donors (Lipinski definition) is 17. The van der Waals surface area contributed by atoms with Gasteiger partial charge in [-0.05, 0) is 12.8 Å². The molecule has 0 aliphatic carbocycles. The number of methoxy groups -OCH3 is 1. The van der Waals surface area contributed by atoms with Gasteiger partial charge in [0.15, 0.2) is 25.2 Å². The first kappa shape index (κ1) is 49.4. The molecule has 0 bridgehead atoms. The van der Waals surface area contributed by atoms with Crippen LogP contribution in [0.5, 0.6) is 0 Å². The summed E-state index contributed by atoms with van der Waals surface area (Å²) in [6, 6.07) is 0. The van der Waals surface area contributed by atoms with E-state index in [-0.39, 0.29) is 13.0 Å². The van der Waals surface area contributed by atoms with Crippen molar-refractivity contribution in [1.29, 1.82) is 0 Å². The van der Waals surface area contributed by atoms with Crippen LogP contribution in [0.3, 0.4) is 0 Å². The monoisotopic (exact) mass is 830 g/mol. The largest absolute Gasteiger partial charge is 0.396 e. The van der Waals surface area contributed by atoms with E-state index in [0.717, 1.165) is 0 Å². The summed E-state index contributed by atoms with van der Waals surface area (Å²) in [5.41, 5.74) is 0. The van der Waals surface area contributed by atoms with Crippen molar-refractivity contribution >= 4 is 0 Å². The van der Waals surface area contributed by atoms with Gasteiger partial charge in [-0.3, -0.25) is 0 Å². The van der Waals surface area contributed by atoms with Gasteiger partial charge < -0.3 is 125 Å². The first-order valence-corrected chi connectivity index (χ1v) is 17.8. The minimum absolute atomic E-state index is 0.285. The SMILES string of the molecule is COCC1O[C@H](OC2C(O)[C@@H](OC3C(O)[C@@H](OC(C(O)[C@H](O)OC(CO)C(O)C(O)CCO)[C@H](O)CCO)OC(CO)[C@H]3O)OC(CO)[C@H]2O)C(O)C(O)[C@@H]1O. The maximum atomic E-state index is 11.3. The van der Waals surface area contributed by atoms with Gasteiger partial charge in [0.2, 0.25) is 0 Å². The van der Waals surface area contributed by atoms with Crippen molar-refractivity contribution in [2.24, 2.45) is 0 Å². The van der Waals surface area contributed by atoms with Gasteiger partial charge in [-0.1, -0.05) is 0 Å². The summed E-state index contributed by atoms with van der Waals surface area (Å²) in [6.45, 7) is -4.54. The molecule has 0 radical (unpaired) electrons. The van der Waals surface area contributed by atoms with E-state index in [2.05, 4.69) is 0 Å². The first-order valence-electron chi connectivity index (χ1n) is 17.8. The fourth-order valence-electron chi connectivity index (χ4n) is 6.35. The Morgan fingerprint density at radius 2 is 1.02 bits per heavy atom. The van der Waals surface area contributed by atoms with Crippen LogP contribution in [0.15, 0.2) is 0 Å². The molecule has 25 nitrogen and oxygen atoms in total.